The molecule has 0 bridgehead atoms. The van der Waals surface area contributed by atoms with Gasteiger partial charge in [-0.15, -0.1) is 0 Å². The van der Waals surface area contributed by atoms with Crippen LogP contribution in [0.15, 0.2) is 18.3 Å². The van der Waals surface area contributed by atoms with Crippen molar-refractivity contribution in [2.75, 3.05) is 13.7 Å². The predicted molar refractivity (Wildman–Crippen MR) is 122 cm³/mol. The number of esters is 1. The fourth-order valence-electron chi connectivity index (χ4n) is 3.73. The second-order valence-electron chi connectivity index (χ2n) is 8.84. The number of carbonyl (C=O) groups excluding carboxylic acids is 2. The van der Waals surface area contributed by atoms with Gasteiger partial charge in [0.25, 0.3) is 5.91 Å². The van der Waals surface area contributed by atoms with Crippen LogP contribution in [0.25, 0.3) is 10.8 Å². The molecule has 1 aromatic heterocycles. The molecule has 1 fully saturated rings. The number of nitrogens with one attached hydrogen (secondary N) is 1. The molecule has 0 aliphatic carbocycles. The number of benzene rings is 1. The Kier molecular flexibility index (Phi) is 7.26. The number of alkyl halides is 1. The maximum atomic E-state index is 14.1. The predicted octanol–water partition coefficient (Wildman–Crippen LogP) is 3.05. The van der Waals surface area contributed by atoms with Gasteiger partial charge in [-0.25, -0.2) is 14.2 Å². The number of ether oxygens (including phenoxy) is 3. The minimum Gasteiger partial charge on any atom is -0.495 e. The third kappa shape index (κ3) is 5.37. The lowest BCUT2D eigenvalue weighted by molar-refractivity contribution is -0.147. The highest BCUT2D eigenvalue weighted by Crippen LogP contribution is 2.33. The molecule has 9 heteroatoms. The molecule has 1 aliphatic rings. The Labute approximate surface area is 197 Å². The van der Waals surface area contributed by atoms with E-state index in [1.807, 2.05) is 6.92 Å². The third-order valence-corrected chi connectivity index (χ3v) is 5.33. The van der Waals surface area contributed by atoms with E-state index in [0.717, 1.165) is 0 Å². The van der Waals surface area contributed by atoms with Crippen molar-refractivity contribution in [2.45, 2.75) is 51.9 Å². The van der Waals surface area contributed by atoms with E-state index in [0.29, 0.717) is 28.5 Å². The molecule has 0 spiro atoms. The van der Waals surface area contributed by atoms with Crippen LogP contribution < -0.4 is 14.8 Å². The summed E-state index contributed by atoms with van der Waals surface area (Å²) in [7, 11) is 1.43. The largest absolute Gasteiger partial charge is 0.495 e. The molecule has 178 valence electrons. The summed E-state index contributed by atoms with van der Waals surface area (Å²) >= 11 is 0. The van der Waals surface area contributed by atoms with E-state index in [4.69, 9.17) is 14.2 Å². The molecule has 2 aromatic rings. The molecule has 0 saturated carbocycles. The number of halogens is 1. The lowest BCUT2D eigenvalue weighted by Gasteiger charge is -2.19. The van der Waals surface area contributed by atoms with Gasteiger partial charge in [0.15, 0.2) is 6.17 Å². The quantitative estimate of drug-likeness (QED) is 0.532. The van der Waals surface area contributed by atoms with E-state index >= 15 is 0 Å². The van der Waals surface area contributed by atoms with Crippen LogP contribution in [0.1, 0.15) is 45.2 Å². The monoisotopic (exact) mass is 467 g/mol. The molecule has 3 rings (SSSR count). The van der Waals surface area contributed by atoms with Crippen molar-refractivity contribution in [1.29, 1.82) is 5.26 Å². The first-order valence-corrected chi connectivity index (χ1v) is 10.8. The first kappa shape index (κ1) is 24.8. The Hall–Kier alpha value is -3.85. The molecular formula is C25H26FN3O5. The van der Waals surface area contributed by atoms with Gasteiger partial charge in [-0.05, 0) is 39.3 Å². The van der Waals surface area contributed by atoms with Crippen molar-refractivity contribution in [3.05, 3.63) is 29.5 Å². The zero-order chi connectivity index (χ0) is 25.0. The summed E-state index contributed by atoms with van der Waals surface area (Å²) < 4.78 is 30.5. The summed E-state index contributed by atoms with van der Waals surface area (Å²) in [4.78, 5) is 28.1. The number of rotatable bonds is 5. The van der Waals surface area contributed by atoms with Gasteiger partial charge in [-0.2, -0.15) is 5.26 Å². The average Bonchev–Trinajstić information content (AvgIpc) is 3.06. The normalized spacial score (nSPS) is 19.6. The highest BCUT2D eigenvalue weighted by molar-refractivity contribution is 5.96. The molecule has 1 aromatic carbocycles. The number of nitrogens with zero attached hydrogens (tertiary/aromatic N) is 2. The molecule has 2 heterocycles. The minimum absolute atomic E-state index is 0.0119. The summed E-state index contributed by atoms with van der Waals surface area (Å²) in [5.74, 6) is 3.85. The van der Waals surface area contributed by atoms with Crippen molar-refractivity contribution in [3.8, 4) is 29.5 Å². The van der Waals surface area contributed by atoms with E-state index in [1.165, 1.54) is 13.3 Å². The highest BCUT2D eigenvalue weighted by atomic mass is 19.1. The molecule has 1 saturated heterocycles. The Balaban J connectivity index is 1.99. The van der Waals surface area contributed by atoms with Crippen LogP contribution in [0.2, 0.25) is 0 Å². The SMILES string of the molecule is CC[C@@H]1[C@H](F)C(=O)N[C@@H]1COc1ncc(C#CC(=O)OC(C)(C)C)c2cc(C#N)c(OC)cc12. The van der Waals surface area contributed by atoms with Gasteiger partial charge in [0.2, 0.25) is 5.88 Å². The Morgan fingerprint density at radius 1 is 1.26 bits per heavy atom. The molecule has 0 radical (unpaired) electrons. The third-order valence-electron chi connectivity index (χ3n) is 5.33. The number of amides is 1. The molecule has 1 aliphatic heterocycles. The van der Waals surface area contributed by atoms with Crippen LogP contribution >= 0.6 is 0 Å². The smallest absolute Gasteiger partial charge is 0.385 e. The maximum absolute atomic E-state index is 14.1. The number of pyridine rings is 1. The topological polar surface area (TPSA) is 111 Å². The van der Waals surface area contributed by atoms with E-state index in [2.05, 4.69) is 28.2 Å². The van der Waals surface area contributed by atoms with Gasteiger partial charge in [0.1, 0.15) is 24.0 Å². The second kappa shape index (κ2) is 9.96. The summed E-state index contributed by atoms with van der Waals surface area (Å²) in [6.07, 6.45) is 0.318. The van der Waals surface area contributed by atoms with Crippen LogP contribution in [0.5, 0.6) is 11.6 Å². The number of carbonyl (C=O) groups is 2. The van der Waals surface area contributed by atoms with Crippen molar-refractivity contribution in [3.63, 3.8) is 0 Å². The number of hydrogen-bond acceptors (Lipinski definition) is 7. The Morgan fingerprint density at radius 3 is 2.62 bits per heavy atom. The second-order valence-corrected chi connectivity index (χ2v) is 8.84. The number of aromatic nitrogens is 1. The Morgan fingerprint density at radius 2 is 2.00 bits per heavy atom. The lowest BCUT2D eigenvalue weighted by Crippen LogP contribution is -2.34. The molecule has 1 N–H and O–H groups in total. The summed E-state index contributed by atoms with van der Waals surface area (Å²) in [5, 5.41) is 13.1. The van der Waals surface area contributed by atoms with Crippen LogP contribution in [0, 0.1) is 29.1 Å². The van der Waals surface area contributed by atoms with Gasteiger partial charge in [0, 0.05) is 28.8 Å². The first-order valence-electron chi connectivity index (χ1n) is 10.8. The average molecular weight is 467 g/mol. The Bertz CT molecular complexity index is 1220. The van der Waals surface area contributed by atoms with Crippen molar-refractivity contribution < 1.29 is 28.2 Å². The van der Waals surface area contributed by atoms with Gasteiger partial charge in [-0.3, -0.25) is 4.79 Å². The minimum atomic E-state index is -1.58. The molecule has 34 heavy (non-hydrogen) atoms. The fourth-order valence-corrected chi connectivity index (χ4v) is 3.73. The lowest BCUT2D eigenvalue weighted by atomic mass is 9.97. The molecule has 3 atom stereocenters. The van der Waals surface area contributed by atoms with E-state index in [9.17, 15) is 19.2 Å². The standard InChI is InChI=1S/C25H26FN3O5/c1-6-16-19(29-23(31)22(16)26)13-33-24-18-10-20(32-5)15(11-27)9-17(18)14(12-28-24)7-8-21(30)34-25(2,3)4/h9-10,12,16,19,22H,6,13H2,1-5H3,(H,29,31)/t16-,19+,22-/m0/s1. The zero-order valence-electron chi connectivity index (χ0n) is 19.7. The van der Waals surface area contributed by atoms with Gasteiger partial charge < -0.3 is 19.5 Å². The molecule has 8 nitrogen and oxygen atoms in total. The maximum Gasteiger partial charge on any atom is 0.385 e. The number of nitriles is 1. The van der Waals surface area contributed by atoms with Crippen LogP contribution in [0.3, 0.4) is 0 Å². The first-order chi connectivity index (χ1) is 16.1. The fraction of sp³-hybridized carbons (Fsp3) is 0.440. The summed E-state index contributed by atoms with van der Waals surface area (Å²) in [6.45, 7) is 7.04. The van der Waals surface area contributed by atoms with E-state index in [1.54, 1.807) is 32.9 Å². The van der Waals surface area contributed by atoms with Gasteiger partial charge >= 0.3 is 5.97 Å². The van der Waals surface area contributed by atoms with Crippen LogP contribution in [-0.4, -0.2) is 48.4 Å². The highest BCUT2D eigenvalue weighted by Gasteiger charge is 2.41. The number of fused-ring (bicyclic) bond motifs is 1. The van der Waals surface area contributed by atoms with Crippen molar-refractivity contribution in [1.82, 2.24) is 10.3 Å². The summed E-state index contributed by atoms with van der Waals surface area (Å²) in [5.41, 5.74) is -0.0333. The van der Waals surface area contributed by atoms with E-state index < -0.39 is 35.6 Å². The molecule has 1 amide bonds. The van der Waals surface area contributed by atoms with E-state index in [-0.39, 0.29) is 18.1 Å². The zero-order valence-corrected chi connectivity index (χ0v) is 19.7. The summed E-state index contributed by atoms with van der Waals surface area (Å²) in [6, 6.07) is 4.73. The molecular weight excluding hydrogens is 441 g/mol. The number of hydrogen-bond donors (Lipinski definition) is 1. The van der Waals surface area contributed by atoms with Crippen LogP contribution in [0.4, 0.5) is 4.39 Å². The van der Waals surface area contributed by atoms with Gasteiger partial charge in [0.05, 0.1) is 24.3 Å². The van der Waals surface area contributed by atoms with Crippen molar-refractivity contribution in [2.24, 2.45) is 5.92 Å². The molecule has 0 unspecified atom stereocenters. The number of methoxy groups -OCH3 is 1. The van der Waals surface area contributed by atoms with Crippen molar-refractivity contribution >= 4 is 22.6 Å². The van der Waals surface area contributed by atoms with Gasteiger partial charge in [-0.1, -0.05) is 12.8 Å². The van der Waals surface area contributed by atoms with Crippen LogP contribution in [-0.2, 0) is 14.3 Å².